The summed E-state index contributed by atoms with van der Waals surface area (Å²) in [5.74, 6) is 0. The van der Waals surface area contributed by atoms with E-state index in [1.165, 1.54) is 19.3 Å². The largest absolute Gasteiger partial charge is 0.296 e. The van der Waals surface area contributed by atoms with Crippen molar-refractivity contribution in [3.8, 4) is 0 Å². The van der Waals surface area contributed by atoms with Crippen molar-refractivity contribution < 1.29 is 0 Å². The SMILES string of the molecule is CN([C]=S)N1CCCCC1. The molecule has 0 saturated carbocycles. The van der Waals surface area contributed by atoms with Gasteiger partial charge in [0, 0.05) is 20.1 Å². The fourth-order valence-corrected chi connectivity index (χ4v) is 1.35. The maximum atomic E-state index is 4.69. The molecule has 1 fully saturated rings. The molecule has 0 aromatic carbocycles. The van der Waals surface area contributed by atoms with Gasteiger partial charge < -0.3 is 0 Å². The third-order valence-electron chi connectivity index (χ3n) is 1.89. The molecule has 0 aromatic heterocycles. The molecule has 2 nitrogen and oxygen atoms in total. The van der Waals surface area contributed by atoms with Crippen LogP contribution < -0.4 is 0 Å². The van der Waals surface area contributed by atoms with E-state index in [1.807, 2.05) is 12.1 Å². The van der Waals surface area contributed by atoms with Gasteiger partial charge in [-0.05, 0) is 12.8 Å². The summed E-state index contributed by atoms with van der Waals surface area (Å²) in [6.07, 6.45) is 3.95. The number of hydrogen-bond donors (Lipinski definition) is 0. The van der Waals surface area contributed by atoms with E-state index < -0.39 is 0 Å². The summed E-state index contributed by atoms with van der Waals surface area (Å²) in [5, 5.41) is 4.12. The lowest BCUT2D eigenvalue weighted by Gasteiger charge is -2.32. The molecule has 1 rings (SSSR count). The maximum Gasteiger partial charge on any atom is 0.152 e. The topological polar surface area (TPSA) is 6.48 Å². The van der Waals surface area contributed by atoms with Crippen molar-refractivity contribution in [1.82, 2.24) is 10.0 Å². The van der Waals surface area contributed by atoms with Crippen molar-refractivity contribution >= 4 is 17.7 Å². The van der Waals surface area contributed by atoms with Crippen LogP contribution in [0.1, 0.15) is 19.3 Å². The molecule has 0 amide bonds. The van der Waals surface area contributed by atoms with Gasteiger partial charge in [-0.3, -0.25) is 5.01 Å². The van der Waals surface area contributed by atoms with Gasteiger partial charge in [-0.1, -0.05) is 18.6 Å². The third kappa shape index (κ3) is 1.92. The van der Waals surface area contributed by atoms with E-state index in [1.54, 1.807) is 0 Å². The quantitative estimate of drug-likeness (QED) is 0.438. The molecule has 0 aliphatic carbocycles. The summed E-state index contributed by atoms with van der Waals surface area (Å²) >= 11 is 4.69. The van der Waals surface area contributed by atoms with E-state index in [2.05, 4.69) is 22.7 Å². The predicted octanol–water partition coefficient (Wildman–Crippen LogP) is 1.15. The Hall–Kier alpha value is -0.150. The Kier molecular flexibility index (Phi) is 3.09. The summed E-state index contributed by atoms with van der Waals surface area (Å²) in [7, 11) is 1.96. The number of piperidine rings is 1. The Morgan fingerprint density at radius 2 is 1.90 bits per heavy atom. The molecule has 3 heteroatoms. The zero-order chi connectivity index (χ0) is 7.40. The van der Waals surface area contributed by atoms with Crippen LogP contribution in [0.15, 0.2) is 0 Å². The van der Waals surface area contributed by atoms with E-state index in [4.69, 9.17) is 0 Å². The van der Waals surface area contributed by atoms with Gasteiger partial charge >= 0.3 is 0 Å². The molecule has 0 aromatic rings. The van der Waals surface area contributed by atoms with Crippen LogP contribution in [0.3, 0.4) is 0 Å². The zero-order valence-corrected chi connectivity index (χ0v) is 7.15. The van der Waals surface area contributed by atoms with E-state index in [9.17, 15) is 0 Å². The minimum Gasteiger partial charge on any atom is -0.296 e. The number of hydrazine groups is 1. The van der Waals surface area contributed by atoms with Gasteiger partial charge in [0.2, 0.25) is 0 Å². The minimum absolute atomic E-state index is 1.14. The maximum absolute atomic E-state index is 4.69. The van der Waals surface area contributed by atoms with E-state index in [0.717, 1.165) is 13.1 Å². The minimum atomic E-state index is 1.14. The van der Waals surface area contributed by atoms with Gasteiger partial charge in [0.1, 0.15) is 0 Å². The Balaban J connectivity index is 2.30. The first kappa shape index (κ1) is 7.95. The Bertz CT molecular complexity index is 110. The molecule has 0 unspecified atom stereocenters. The van der Waals surface area contributed by atoms with Crippen LogP contribution in [-0.4, -0.2) is 35.6 Å². The average molecular weight is 157 g/mol. The van der Waals surface area contributed by atoms with Crippen molar-refractivity contribution in [3.63, 3.8) is 0 Å². The molecule has 1 aliphatic rings. The predicted molar refractivity (Wildman–Crippen MR) is 45.8 cm³/mol. The highest BCUT2D eigenvalue weighted by atomic mass is 32.1. The summed E-state index contributed by atoms with van der Waals surface area (Å²) in [6, 6.07) is 0. The third-order valence-corrected chi connectivity index (χ3v) is 2.15. The smallest absolute Gasteiger partial charge is 0.152 e. The van der Waals surface area contributed by atoms with Crippen LogP contribution in [0.25, 0.3) is 0 Å². The second-order valence-corrected chi connectivity index (χ2v) is 2.81. The molecular weight excluding hydrogens is 144 g/mol. The molecule has 1 aliphatic heterocycles. The second-order valence-electron chi connectivity index (χ2n) is 2.63. The lowest BCUT2D eigenvalue weighted by molar-refractivity contribution is 0.0550. The number of hydrogen-bond acceptors (Lipinski definition) is 2. The standard InChI is InChI=1S/C7H13N2S/c1-8(7-10)9-5-3-2-4-6-9/h2-6H2,1H3. The first-order chi connectivity index (χ1) is 4.84. The van der Waals surface area contributed by atoms with E-state index in [0.29, 0.717) is 0 Å². The average Bonchev–Trinajstić information content (AvgIpc) is 2.05. The molecule has 1 saturated heterocycles. The van der Waals surface area contributed by atoms with Gasteiger partial charge in [0.25, 0.3) is 0 Å². The monoisotopic (exact) mass is 157 g/mol. The fraction of sp³-hybridized carbons (Fsp3) is 0.857. The molecule has 0 spiro atoms. The highest BCUT2D eigenvalue weighted by molar-refractivity contribution is 7.78. The zero-order valence-electron chi connectivity index (χ0n) is 6.34. The van der Waals surface area contributed by atoms with Gasteiger partial charge in [-0.15, -0.1) is 0 Å². The molecule has 1 radical (unpaired) electrons. The lowest BCUT2D eigenvalue weighted by Crippen LogP contribution is -2.41. The highest BCUT2D eigenvalue weighted by Crippen LogP contribution is 2.08. The van der Waals surface area contributed by atoms with Crippen LogP contribution in [-0.2, 0) is 0 Å². The summed E-state index contributed by atoms with van der Waals surface area (Å²) in [4.78, 5) is 0. The number of thiocarbonyl (C=S) groups is 1. The molecular formula is C7H13N2S. The van der Waals surface area contributed by atoms with Gasteiger partial charge in [0.05, 0.1) is 0 Å². The van der Waals surface area contributed by atoms with Crippen LogP contribution >= 0.6 is 12.2 Å². The van der Waals surface area contributed by atoms with Gasteiger partial charge in [-0.2, -0.15) is 0 Å². The van der Waals surface area contributed by atoms with Gasteiger partial charge in [0.15, 0.2) is 5.49 Å². The van der Waals surface area contributed by atoms with Crippen molar-refractivity contribution in [3.05, 3.63) is 0 Å². The van der Waals surface area contributed by atoms with Crippen LogP contribution in [0.4, 0.5) is 0 Å². The van der Waals surface area contributed by atoms with Crippen molar-refractivity contribution in [2.45, 2.75) is 19.3 Å². The molecule has 1 heterocycles. The van der Waals surface area contributed by atoms with E-state index >= 15 is 0 Å². The van der Waals surface area contributed by atoms with Crippen molar-refractivity contribution in [1.29, 1.82) is 0 Å². The molecule has 0 bridgehead atoms. The summed E-state index contributed by atoms with van der Waals surface area (Å²) in [6.45, 7) is 2.28. The van der Waals surface area contributed by atoms with Crippen LogP contribution in [0.2, 0.25) is 0 Å². The van der Waals surface area contributed by atoms with Crippen molar-refractivity contribution in [2.75, 3.05) is 20.1 Å². The molecule has 0 N–H and O–H groups in total. The van der Waals surface area contributed by atoms with Crippen LogP contribution in [0, 0.1) is 0 Å². The lowest BCUT2D eigenvalue weighted by atomic mass is 10.2. The molecule has 10 heavy (non-hydrogen) atoms. The van der Waals surface area contributed by atoms with Crippen LogP contribution in [0.5, 0.6) is 0 Å². The first-order valence-electron chi connectivity index (χ1n) is 3.71. The Morgan fingerprint density at radius 3 is 2.40 bits per heavy atom. The van der Waals surface area contributed by atoms with Crippen molar-refractivity contribution in [2.24, 2.45) is 0 Å². The molecule has 0 atom stereocenters. The number of nitrogens with zero attached hydrogens (tertiary/aromatic N) is 2. The summed E-state index contributed by atoms with van der Waals surface area (Å²) < 4.78 is 0. The first-order valence-corrected chi connectivity index (χ1v) is 4.12. The van der Waals surface area contributed by atoms with Gasteiger partial charge in [-0.25, -0.2) is 5.01 Å². The highest BCUT2D eigenvalue weighted by Gasteiger charge is 2.11. The second kappa shape index (κ2) is 3.88. The Labute approximate surface area is 67.8 Å². The fourth-order valence-electron chi connectivity index (χ4n) is 1.23. The molecule has 57 valence electrons. The Morgan fingerprint density at radius 1 is 1.30 bits per heavy atom. The number of rotatable bonds is 2. The normalized spacial score (nSPS) is 20.5. The van der Waals surface area contributed by atoms with E-state index in [-0.39, 0.29) is 0 Å². The summed E-state index contributed by atoms with van der Waals surface area (Å²) in [5.41, 5.74) is 2.68.